The largest absolute Gasteiger partial charge is 0.367 e. The molecule has 0 radical (unpaired) electrons. The van der Waals surface area contributed by atoms with Gasteiger partial charge in [0.05, 0.1) is 23.8 Å². The van der Waals surface area contributed by atoms with Gasteiger partial charge in [-0.05, 0) is 37.1 Å². The number of halogens is 1. The summed E-state index contributed by atoms with van der Waals surface area (Å²) in [5, 5.41) is 13.3. The first-order chi connectivity index (χ1) is 13.6. The van der Waals surface area contributed by atoms with Crippen molar-refractivity contribution in [1.29, 1.82) is 0 Å². The molecular formula is C19H20FN7S. The van der Waals surface area contributed by atoms with Crippen molar-refractivity contribution >= 4 is 27.1 Å². The Morgan fingerprint density at radius 2 is 2.07 bits per heavy atom. The molecule has 1 fully saturated rings. The fraction of sp³-hybridized carbons (Fsp3) is 0.316. The Morgan fingerprint density at radius 3 is 2.82 bits per heavy atom. The van der Waals surface area contributed by atoms with Crippen LogP contribution in [0.5, 0.6) is 0 Å². The molecule has 0 amide bonds. The van der Waals surface area contributed by atoms with Crippen LogP contribution in [0.25, 0.3) is 16.2 Å². The van der Waals surface area contributed by atoms with Crippen LogP contribution in [0, 0.1) is 5.82 Å². The standard InChI is InChI=1S/C19H20FN7S/c1-25-11-16(9-21-25)26-8-2-3-15(10-26)22-18-24-27-12-17(23-19(27)28-18)13-4-6-14(20)7-5-13/h4-7,9,11-12,15H,2-3,8,10H2,1H3,(H,22,24). The van der Waals surface area contributed by atoms with E-state index in [0.717, 1.165) is 53.0 Å². The molecule has 4 aromatic rings. The van der Waals surface area contributed by atoms with Gasteiger partial charge in [-0.25, -0.2) is 13.9 Å². The zero-order valence-electron chi connectivity index (χ0n) is 15.4. The van der Waals surface area contributed by atoms with E-state index >= 15 is 0 Å². The van der Waals surface area contributed by atoms with E-state index in [1.165, 1.54) is 23.5 Å². The molecule has 3 aromatic heterocycles. The van der Waals surface area contributed by atoms with Gasteiger partial charge in [0, 0.05) is 37.9 Å². The number of hydrogen-bond donors (Lipinski definition) is 1. The smallest absolute Gasteiger partial charge is 0.214 e. The minimum Gasteiger partial charge on any atom is -0.367 e. The maximum Gasteiger partial charge on any atom is 0.214 e. The fourth-order valence-corrected chi connectivity index (χ4v) is 4.45. The molecule has 1 unspecified atom stereocenters. The lowest BCUT2D eigenvalue weighted by Crippen LogP contribution is -2.42. The van der Waals surface area contributed by atoms with Crippen LogP contribution >= 0.6 is 11.3 Å². The summed E-state index contributed by atoms with van der Waals surface area (Å²) in [7, 11) is 1.94. The zero-order valence-corrected chi connectivity index (χ0v) is 16.2. The van der Waals surface area contributed by atoms with E-state index in [0.29, 0.717) is 6.04 Å². The number of benzene rings is 1. The Balaban J connectivity index is 1.30. The lowest BCUT2D eigenvalue weighted by Gasteiger charge is -2.33. The average molecular weight is 397 g/mol. The monoisotopic (exact) mass is 397 g/mol. The van der Waals surface area contributed by atoms with E-state index in [-0.39, 0.29) is 5.82 Å². The summed E-state index contributed by atoms with van der Waals surface area (Å²) in [6.07, 6.45) is 8.09. The lowest BCUT2D eigenvalue weighted by atomic mass is 10.1. The minimum atomic E-state index is -0.248. The molecule has 28 heavy (non-hydrogen) atoms. The van der Waals surface area contributed by atoms with Crippen LogP contribution in [0.15, 0.2) is 42.9 Å². The third kappa shape index (κ3) is 3.33. The molecule has 0 spiro atoms. The van der Waals surface area contributed by atoms with Crippen LogP contribution in [0.4, 0.5) is 15.2 Å². The summed E-state index contributed by atoms with van der Waals surface area (Å²) in [5.41, 5.74) is 2.84. The molecule has 1 atom stereocenters. The van der Waals surface area contributed by atoms with Gasteiger partial charge < -0.3 is 10.2 Å². The molecule has 7 nitrogen and oxygen atoms in total. The Bertz CT molecular complexity index is 1070. The van der Waals surface area contributed by atoms with Gasteiger partial charge in [-0.1, -0.05) is 11.3 Å². The second-order valence-corrected chi connectivity index (χ2v) is 8.03. The van der Waals surface area contributed by atoms with Gasteiger partial charge in [0.15, 0.2) is 0 Å². The van der Waals surface area contributed by atoms with Gasteiger partial charge in [-0.3, -0.25) is 4.68 Å². The third-order valence-electron chi connectivity index (χ3n) is 4.99. The number of nitrogens with zero attached hydrogens (tertiary/aromatic N) is 6. The van der Waals surface area contributed by atoms with Crippen LogP contribution in [-0.4, -0.2) is 43.5 Å². The average Bonchev–Trinajstić information content (AvgIpc) is 3.37. The fourth-order valence-electron chi connectivity index (χ4n) is 3.59. The summed E-state index contributed by atoms with van der Waals surface area (Å²) in [5.74, 6) is -0.248. The molecular weight excluding hydrogens is 377 g/mol. The molecule has 0 saturated carbocycles. The number of rotatable bonds is 4. The SMILES string of the molecule is Cn1cc(N2CCCC(Nc3nn4cc(-c5ccc(F)cc5)nc4s3)C2)cn1. The summed E-state index contributed by atoms with van der Waals surface area (Å²) >= 11 is 1.53. The van der Waals surface area contributed by atoms with Crippen molar-refractivity contribution < 1.29 is 4.39 Å². The number of imidazole rings is 1. The number of aromatic nitrogens is 5. The van der Waals surface area contributed by atoms with Gasteiger partial charge in [-0.2, -0.15) is 5.10 Å². The second kappa shape index (κ2) is 6.90. The topological polar surface area (TPSA) is 63.3 Å². The summed E-state index contributed by atoms with van der Waals surface area (Å²) < 4.78 is 16.7. The summed E-state index contributed by atoms with van der Waals surface area (Å²) in [4.78, 5) is 7.81. The summed E-state index contributed by atoms with van der Waals surface area (Å²) in [6.45, 7) is 1.97. The first-order valence-corrected chi connectivity index (χ1v) is 10.1. The highest BCUT2D eigenvalue weighted by molar-refractivity contribution is 7.20. The number of aryl methyl sites for hydroxylation is 1. The van der Waals surface area contributed by atoms with E-state index in [2.05, 4.69) is 31.6 Å². The van der Waals surface area contributed by atoms with Crippen molar-refractivity contribution in [1.82, 2.24) is 24.4 Å². The zero-order chi connectivity index (χ0) is 19.1. The van der Waals surface area contributed by atoms with Gasteiger partial charge >= 0.3 is 0 Å². The molecule has 144 valence electrons. The number of nitrogens with one attached hydrogen (secondary N) is 1. The van der Waals surface area contributed by atoms with Crippen LogP contribution in [0.1, 0.15) is 12.8 Å². The quantitative estimate of drug-likeness (QED) is 0.572. The first kappa shape index (κ1) is 17.2. The van der Waals surface area contributed by atoms with Gasteiger partial charge in [-0.15, -0.1) is 5.10 Å². The van der Waals surface area contributed by atoms with E-state index in [4.69, 9.17) is 0 Å². The van der Waals surface area contributed by atoms with Crippen molar-refractivity contribution in [3.63, 3.8) is 0 Å². The minimum absolute atomic E-state index is 0.248. The number of anilines is 2. The Labute approximate surface area is 165 Å². The molecule has 5 rings (SSSR count). The highest BCUT2D eigenvalue weighted by Crippen LogP contribution is 2.27. The second-order valence-electron chi connectivity index (χ2n) is 7.07. The molecule has 0 bridgehead atoms. The van der Waals surface area contributed by atoms with Crippen LogP contribution in [0.3, 0.4) is 0 Å². The van der Waals surface area contributed by atoms with Crippen molar-refractivity contribution in [2.75, 3.05) is 23.3 Å². The Kier molecular flexibility index (Phi) is 4.23. The predicted molar refractivity (Wildman–Crippen MR) is 108 cm³/mol. The Hall–Kier alpha value is -2.94. The highest BCUT2D eigenvalue weighted by atomic mass is 32.1. The highest BCUT2D eigenvalue weighted by Gasteiger charge is 2.22. The number of piperidine rings is 1. The third-order valence-corrected chi connectivity index (χ3v) is 5.84. The van der Waals surface area contributed by atoms with Crippen molar-refractivity contribution in [2.45, 2.75) is 18.9 Å². The van der Waals surface area contributed by atoms with E-state index < -0.39 is 0 Å². The summed E-state index contributed by atoms with van der Waals surface area (Å²) in [6, 6.07) is 6.69. The van der Waals surface area contributed by atoms with E-state index in [1.807, 2.05) is 24.1 Å². The maximum atomic E-state index is 13.1. The van der Waals surface area contributed by atoms with Crippen molar-refractivity contribution in [3.8, 4) is 11.3 Å². The van der Waals surface area contributed by atoms with Crippen molar-refractivity contribution in [2.24, 2.45) is 7.05 Å². The lowest BCUT2D eigenvalue weighted by molar-refractivity contribution is 0.529. The molecule has 1 N–H and O–H groups in total. The molecule has 9 heteroatoms. The normalized spacial score (nSPS) is 17.4. The molecule has 0 aliphatic carbocycles. The van der Waals surface area contributed by atoms with Crippen LogP contribution < -0.4 is 10.2 Å². The van der Waals surface area contributed by atoms with Crippen molar-refractivity contribution in [3.05, 3.63) is 48.7 Å². The number of fused-ring (bicyclic) bond motifs is 1. The van der Waals surface area contributed by atoms with Gasteiger partial charge in [0.25, 0.3) is 0 Å². The molecule has 1 aliphatic heterocycles. The molecule has 1 aromatic carbocycles. The van der Waals surface area contributed by atoms with E-state index in [1.54, 1.807) is 16.6 Å². The molecule has 1 aliphatic rings. The maximum absolute atomic E-state index is 13.1. The van der Waals surface area contributed by atoms with Gasteiger partial charge in [0.1, 0.15) is 5.82 Å². The van der Waals surface area contributed by atoms with Crippen LogP contribution in [-0.2, 0) is 7.05 Å². The molecule has 1 saturated heterocycles. The van der Waals surface area contributed by atoms with Gasteiger partial charge in [0.2, 0.25) is 10.1 Å². The predicted octanol–water partition coefficient (Wildman–Crippen LogP) is 3.41. The number of hydrogen-bond acceptors (Lipinski definition) is 6. The van der Waals surface area contributed by atoms with E-state index in [9.17, 15) is 4.39 Å². The van der Waals surface area contributed by atoms with Crippen LogP contribution in [0.2, 0.25) is 0 Å². The Morgan fingerprint density at radius 1 is 1.21 bits per heavy atom. The molecule has 4 heterocycles. The first-order valence-electron chi connectivity index (χ1n) is 9.26.